The summed E-state index contributed by atoms with van der Waals surface area (Å²) in [5.41, 5.74) is -0.425. The van der Waals surface area contributed by atoms with Crippen molar-refractivity contribution < 1.29 is 14.3 Å². The van der Waals surface area contributed by atoms with Gasteiger partial charge in [0.05, 0.1) is 6.61 Å². The van der Waals surface area contributed by atoms with Crippen molar-refractivity contribution in [3.8, 4) is 0 Å². The van der Waals surface area contributed by atoms with Gasteiger partial charge in [-0.1, -0.05) is 33.6 Å². The summed E-state index contributed by atoms with van der Waals surface area (Å²) >= 11 is 0. The Labute approximate surface area is 116 Å². The van der Waals surface area contributed by atoms with E-state index >= 15 is 0 Å². The van der Waals surface area contributed by atoms with Gasteiger partial charge in [0.25, 0.3) is 0 Å². The van der Waals surface area contributed by atoms with E-state index < -0.39 is 17.3 Å². The van der Waals surface area contributed by atoms with E-state index in [4.69, 9.17) is 4.74 Å². The molecule has 0 heterocycles. The van der Waals surface area contributed by atoms with Gasteiger partial charge in [0.2, 0.25) is 5.91 Å². The fourth-order valence-electron chi connectivity index (χ4n) is 2.64. The fourth-order valence-corrected chi connectivity index (χ4v) is 2.64. The van der Waals surface area contributed by atoms with Crippen molar-refractivity contribution in [3.63, 3.8) is 0 Å². The van der Waals surface area contributed by atoms with E-state index in [0.29, 0.717) is 19.1 Å². The van der Waals surface area contributed by atoms with Gasteiger partial charge < -0.3 is 10.1 Å². The van der Waals surface area contributed by atoms with Crippen LogP contribution < -0.4 is 5.32 Å². The Bertz CT molecular complexity index is 314. The van der Waals surface area contributed by atoms with Crippen molar-refractivity contribution in [2.45, 2.75) is 53.4 Å². The number of rotatable bonds is 5. The molecule has 1 amide bonds. The van der Waals surface area contributed by atoms with Gasteiger partial charge >= 0.3 is 5.97 Å². The number of nitrogens with one attached hydrogen (secondary N) is 1. The maximum absolute atomic E-state index is 12.3. The highest BCUT2D eigenvalue weighted by atomic mass is 16.5. The zero-order chi connectivity index (χ0) is 14.5. The van der Waals surface area contributed by atoms with Crippen LogP contribution in [0.5, 0.6) is 0 Å². The summed E-state index contributed by atoms with van der Waals surface area (Å²) in [4.78, 5) is 24.2. The summed E-state index contributed by atoms with van der Waals surface area (Å²) < 4.78 is 5.02. The van der Waals surface area contributed by atoms with E-state index in [-0.39, 0.29) is 5.91 Å². The normalized spacial score (nSPS) is 18.1. The van der Waals surface area contributed by atoms with Crippen LogP contribution in [0.4, 0.5) is 0 Å². The molecule has 0 aromatic rings. The second-order valence-corrected chi connectivity index (χ2v) is 6.45. The molecule has 4 heteroatoms. The third kappa shape index (κ3) is 4.84. The van der Waals surface area contributed by atoms with Gasteiger partial charge in [0.15, 0.2) is 0 Å². The minimum Gasteiger partial charge on any atom is -0.465 e. The van der Waals surface area contributed by atoms with Crippen molar-refractivity contribution in [1.29, 1.82) is 0 Å². The molecule has 1 rings (SSSR count). The molecule has 0 aliphatic heterocycles. The molecule has 1 atom stereocenters. The number of amides is 1. The summed E-state index contributed by atoms with van der Waals surface area (Å²) in [6.45, 7) is 8.43. The Morgan fingerprint density at radius 3 is 2.32 bits per heavy atom. The molecule has 0 bridgehead atoms. The average molecular weight is 269 g/mol. The Kier molecular flexibility index (Phi) is 5.83. The SMILES string of the molecule is CCOC(=O)C(C(=O)NCC1CCCC1)C(C)(C)C. The number of carbonyl (C=O) groups excluding carboxylic acids is 2. The smallest absolute Gasteiger partial charge is 0.319 e. The van der Waals surface area contributed by atoms with Crippen molar-refractivity contribution in [2.75, 3.05) is 13.2 Å². The van der Waals surface area contributed by atoms with E-state index in [1.54, 1.807) is 6.92 Å². The Hall–Kier alpha value is -1.06. The first-order chi connectivity index (χ1) is 8.86. The van der Waals surface area contributed by atoms with Crippen molar-refractivity contribution in [3.05, 3.63) is 0 Å². The molecular formula is C15H27NO3. The molecule has 0 aromatic heterocycles. The van der Waals surface area contributed by atoms with E-state index in [2.05, 4.69) is 5.32 Å². The lowest BCUT2D eigenvalue weighted by molar-refractivity contribution is -0.156. The van der Waals surface area contributed by atoms with Gasteiger partial charge in [-0.3, -0.25) is 9.59 Å². The minimum absolute atomic E-state index is 0.196. The molecule has 1 N–H and O–H groups in total. The summed E-state index contributed by atoms with van der Waals surface area (Å²) in [5, 5.41) is 2.93. The van der Waals surface area contributed by atoms with Gasteiger partial charge in [0.1, 0.15) is 5.92 Å². The first kappa shape index (κ1) is 16.0. The van der Waals surface area contributed by atoms with Crippen LogP contribution in [0, 0.1) is 17.3 Å². The van der Waals surface area contributed by atoms with Crippen LogP contribution in [0.25, 0.3) is 0 Å². The standard InChI is InChI=1S/C15H27NO3/c1-5-19-14(18)12(15(2,3)4)13(17)16-10-11-8-6-7-9-11/h11-12H,5-10H2,1-4H3,(H,16,17). The molecule has 1 saturated carbocycles. The zero-order valence-electron chi connectivity index (χ0n) is 12.6. The molecule has 1 aliphatic carbocycles. The van der Waals surface area contributed by atoms with E-state index in [1.165, 1.54) is 25.7 Å². The van der Waals surface area contributed by atoms with Gasteiger partial charge in [-0.05, 0) is 31.1 Å². The highest BCUT2D eigenvalue weighted by Gasteiger charge is 2.38. The minimum atomic E-state index is -0.728. The molecule has 1 fully saturated rings. The summed E-state index contributed by atoms with van der Waals surface area (Å²) in [6.07, 6.45) is 4.86. The first-order valence-electron chi connectivity index (χ1n) is 7.30. The summed E-state index contributed by atoms with van der Waals surface area (Å²) in [7, 11) is 0. The zero-order valence-corrected chi connectivity index (χ0v) is 12.6. The van der Waals surface area contributed by atoms with Crippen LogP contribution in [0.2, 0.25) is 0 Å². The van der Waals surface area contributed by atoms with Crippen LogP contribution in [-0.4, -0.2) is 25.0 Å². The Morgan fingerprint density at radius 1 is 1.26 bits per heavy atom. The van der Waals surface area contributed by atoms with Gasteiger partial charge in [0, 0.05) is 6.54 Å². The number of hydrogen-bond acceptors (Lipinski definition) is 3. The van der Waals surface area contributed by atoms with Crippen molar-refractivity contribution in [2.24, 2.45) is 17.3 Å². The molecule has 0 saturated heterocycles. The summed E-state index contributed by atoms with van der Waals surface area (Å²) in [5.74, 6) is -0.766. The topological polar surface area (TPSA) is 55.4 Å². The third-order valence-corrected chi connectivity index (χ3v) is 3.69. The maximum atomic E-state index is 12.3. The number of hydrogen-bond donors (Lipinski definition) is 1. The molecule has 110 valence electrons. The average Bonchev–Trinajstić information content (AvgIpc) is 2.77. The summed E-state index contributed by atoms with van der Waals surface area (Å²) in [6, 6.07) is 0. The van der Waals surface area contributed by atoms with Crippen LogP contribution in [0.3, 0.4) is 0 Å². The van der Waals surface area contributed by atoms with Crippen LogP contribution >= 0.6 is 0 Å². The molecular weight excluding hydrogens is 242 g/mol. The number of ether oxygens (including phenoxy) is 1. The van der Waals surface area contributed by atoms with Gasteiger partial charge in [-0.25, -0.2) is 0 Å². The molecule has 0 spiro atoms. The van der Waals surface area contributed by atoms with Crippen LogP contribution in [-0.2, 0) is 14.3 Å². The molecule has 0 radical (unpaired) electrons. The largest absolute Gasteiger partial charge is 0.465 e. The van der Waals surface area contributed by atoms with Crippen LogP contribution in [0.15, 0.2) is 0 Å². The lowest BCUT2D eigenvalue weighted by atomic mass is 9.80. The molecule has 0 aromatic carbocycles. The number of esters is 1. The molecule has 4 nitrogen and oxygen atoms in total. The lowest BCUT2D eigenvalue weighted by Gasteiger charge is -2.28. The first-order valence-corrected chi connectivity index (χ1v) is 7.30. The van der Waals surface area contributed by atoms with Crippen molar-refractivity contribution in [1.82, 2.24) is 5.32 Å². The van der Waals surface area contributed by atoms with E-state index in [1.807, 2.05) is 20.8 Å². The highest BCUT2D eigenvalue weighted by molar-refractivity contribution is 5.98. The molecule has 19 heavy (non-hydrogen) atoms. The predicted molar refractivity (Wildman–Crippen MR) is 74.5 cm³/mol. The second kappa shape index (κ2) is 6.92. The van der Waals surface area contributed by atoms with Crippen molar-refractivity contribution >= 4 is 11.9 Å². The van der Waals surface area contributed by atoms with E-state index in [9.17, 15) is 9.59 Å². The lowest BCUT2D eigenvalue weighted by Crippen LogP contribution is -2.44. The Morgan fingerprint density at radius 2 is 1.84 bits per heavy atom. The monoisotopic (exact) mass is 269 g/mol. The number of carbonyl (C=O) groups is 2. The van der Waals surface area contributed by atoms with Gasteiger partial charge in [-0.2, -0.15) is 0 Å². The quantitative estimate of drug-likeness (QED) is 0.616. The predicted octanol–water partition coefficient (Wildman–Crippen LogP) is 2.52. The second-order valence-electron chi connectivity index (χ2n) is 6.45. The third-order valence-electron chi connectivity index (χ3n) is 3.69. The van der Waals surface area contributed by atoms with Crippen LogP contribution in [0.1, 0.15) is 53.4 Å². The van der Waals surface area contributed by atoms with Gasteiger partial charge in [-0.15, -0.1) is 0 Å². The highest BCUT2D eigenvalue weighted by Crippen LogP contribution is 2.28. The Balaban J connectivity index is 2.58. The maximum Gasteiger partial charge on any atom is 0.319 e. The van der Waals surface area contributed by atoms with E-state index in [0.717, 1.165) is 0 Å². The molecule has 1 unspecified atom stereocenters. The molecule has 1 aliphatic rings. The fraction of sp³-hybridized carbons (Fsp3) is 0.867.